The third-order valence-electron chi connectivity index (χ3n) is 3.20. The fourth-order valence-corrected chi connectivity index (χ4v) is 2.35. The summed E-state index contributed by atoms with van der Waals surface area (Å²) in [5.41, 5.74) is 3.40. The van der Waals surface area contributed by atoms with Crippen molar-refractivity contribution in [1.29, 1.82) is 0 Å². The molecule has 3 nitrogen and oxygen atoms in total. The van der Waals surface area contributed by atoms with Crippen LogP contribution < -0.4 is 5.32 Å². The second kappa shape index (κ2) is 6.46. The Kier molecular flexibility index (Phi) is 4.22. The van der Waals surface area contributed by atoms with Crippen molar-refractivity contribution >= 4 is 17.3 Å². The molecule has 4 heteroatoms. The highest BCUT2D eigenvalue weighted by molar-refractivity contribution is 6.30. The molecule has 0 amide bonds. The van der Waals surface area contributed by atoms with Crippen LogP contribution in [-0.4, -0.2) is 9.78 Å². The van der Waals surface area contributed by atoms with Crippen LogP contribution in [0.3, 0.4) is 0 Å². The number of anilines is 1. The first-order chi connectivity index (χ1) is 10.3. The lowest BCUT2D eigenvalue weighted by Crippen LogP contribution is -2.00. The SMILES string of the molecule is Clc1cccc(NCc2cnn(Cc3ccccc3)c2)c1. The molecule has 1 N–H and O–H groups in total. The van der Waals surface area contributed by atoms with Gasteiger partial charge in [-0.1, -0.05) is 48.0 Å². The van der Waals surface area contributed by atoms with Gasteiger partial charge in [0.05, 0.1) is 12.7 Å². The molecule has 0 saturated heterocycles. The van der Waals surface area contributed by atoms with E-state index < -0.39 is 0 Å². The van der Waals surface area contributed by atoms with Crippen molar-refractivity contribution in [2.45, 2.75) is 13.1 Å². The highest BCUT2D eigenvalue weighted by Crippen LogP contribution is 2.15. The van der Waals surface area contributed by atoms with E-state index >= 15 is 0 Å². The van der Waals surface area contributed by atoms with Gasteiger partial charge in [0.15, 0.2) is 0 Å². The third-order valence-corrected chi connectivity index (χ3v) is 3.43. The van der Waals surface area contributed by atoms with Gasteiger partial charge in [0, 0.05) is 29.0 Å². The monoisotopic (exact) mass is 297 g/mol. The number of aromatic nitrogens is 2. The van der Waals surface area contributed by atoms with Crippen LogP contribution in [0.15, 0.2) is 67.0 Å². The van der Waals surface area contributed by atoms with E-state index in [0.717, 1.165) is 29.4 Å². The number of rotatable bonds is 5. The van der Waals surface area contributed by atoms with Gasteiger partial charge in [0.2, 0.25) is 0 Å². The predicted molar refractivity (Wildman–Crippen MR) is 86.5 cm³/mol. The van der Waals surface area contributed by atoms with Gasteiger partial charge in [-0.2, -0.15) is 5.10 Å². The standard InChI is InChI=1S/C17H16ClN3/c18-16-7-4-8-17(9-16)19-10-15-11-20-21(13-15)12-14-5-2-1-3-6-14/h1-9,11,13,19H,10,12H2. The van der Waals surface area contributed by atoms with Crippen LogP contribution >= 0.6 is 11.6 Å². The summed E-state index contributed by atoms with van der Waals surface area (Å²) in [5.74, 6) is 0. The first-order valence-corrected chi connectivity index (χ1v) is 7.22. The normalized spacial score (nSPS) is 10.5. The van der Waals surface area contributed by atoms with Crippen LogP contribution in [0.5, 0.6) is 0 Å². The average Bonchev–Trinajstić information content (AvgIpc) is 2.94. The molecule has 0 aliphatic carbocycles. The first-order valence-electron chi connectivity index (χ1n) is 6.84. The Bertz CT molecular complexity index is 707. The smallest absolute Gasteiger partial charge is 0.0659 e. The maximum absolute atomic E-state index is 5.96. The van der Waals surface area contributed by atoms with Crippen LogP contribution in [0.1, 0.15) is 11.1 Å². The largest absolute Gasteiger partial charge is 0.381 e. The van der Waals surface area contributed by atoms with E-state index in [9.17, 15) is 0 Å². The second-order valence-electron chi connectivity index (χ2n) is 4.90. The van der Waals surface area contributed by atoms with Gasteiger partial charge in [-0.15, -0.1) is 0 Å². The molecule has 0 radical (unpaired) electrons. The summed E-state index contributed by atoms with van der Waals surface area (Å²) in [6.07, 6.45) is 3.95. The highest BCUT2D eigenvalue weighted by Gasteiger charge is 2.00. The zero-order valence-electron chi connectivity index (χ0n) is 11.5. The van der Waals surface area contributed by atoms with E-state index in [-0.39, 0.29) is 0 Å². The van der Waals surface area contributed by atoms with Gasteiger partial charge in [0.25, 0.3) is 0 Å². The Morgan fingerprint density at radius 3 is 2.67 bits per heavy atom. The molecule has 0 saturated carbocycles. The molecule has 1 aromatic heterocycles. The van der Waals surface area contributed by atoms with Gasteiger partial charge in [-0.25, -0.2) is 0 Å². The van der Waals surface area contributed by atoms with Crippen LogP contribution in [-0.2, 0) is 13.1 Å². The van der Waals surface area contributed by atoms with Crippen molar-refractivity contribution in [3.63, 3.8) is 0 Å². The molecule has 0 spiro atoms. The Labute approximate surface area is 129 Å². The molecule has 3 rings (SSSR count). The van der Waals surface area contributed by atoms with Crippen LogP contribution in [0, 0.1) is 0 Å². The number of hydrogen-bond donors (Lipinski definition) is 1. The average molecular weight is 298 g/mol. The van der Waals surface area contributed by atoms with Crippen molar-refractivity contribution in [1.82, 2.24) is 9.78 Å². The Morgan fingerprint density at radius 2 is 1.86 bits per heavy atom. The first kappa shape index (κ1) is 13.7. The predicted octanol–water partition coefficient (Wildman–Crippen LogP) is 4.20. The summed E-state index contributed by atoms with van der Waals surface area (Å²) in [6.45, 7) is 1.52. The minimum atomic E-state index is 0.731. The van der Waals surface area contributed by atoms with Gasteiger partial charge in [0.1, 0.15) is 0 Å². The number of benzene rings is 2. The third kappa shape index (κ3) is 3.86. The summed E-state index contributed by atoms with van der Waals surface area (Å²) in [5, 5.41) is 8.47. The molecule has 1 heterocycles. The highest BCUT2D eigenvalue weighted by atomic mass is 35.5. The Hall–Kier alpha value is -2.26. The lowest BCUT2D eigenvalue weighted by Gasteiger charge is -2.04. The number of nitrogens with one attached hydrogen (secondary N) is 1. The molecule has 21 heavy (non-hydrogen) atoms. The summed E-state index contributed by atoms with van der Waals surface area (Å²) in [7, 11) is 0. The summed E-state index contributed by atoms with van der Waals surface area (Å²) < 4.78 is 1.95. The van der Waals surface area contributed by atoms with Crippen molar-refractivity contribution in [3.05, 3.63) is 83.1 Å². The summed E-state index contributed by atoms with van der Waals surface area (Å²) >= 11 is 5.96. The number of halogens is 1. The lowest BCUT2D eigenvalue weighted by atomic mass is 10.2. The molecule has 0 atom stereocenters. The summed E-state index contributed by atoms with van der Waals surface area (Å²) in [6, 6.07) is 18.0. The number of hydrogen-bond acceptors (Lipinski definition) is 2. The molecule has 0 aliphatic heterocycles. The van der Waals surface area contributed by atoms with E-state index in [1.54, 1.807) is 0 Å². The Balaban J connectivity index is 1.60. The van der Waals surface area contributed by atoms with E-state index in [1.807, 2.05) is 53.3 Å². The molecule has 3 aromatic rings. The van der Waals surface area contributed by atoms with E-state index in [2.05, 4.69) is 28.7 Å². The lowest BCUT2D eigenvalue weighted by molar-refractivity contribution is 0.686. The van der Waals surface area contributed by atoms with Gasteiger partial charge in [-0.3, -0.25) is 4.68 Å². The van der Waals surface area contributed by atoms with Crippen molar-refractivity contribution in [3.8, 4) is 0 Å². The molecule has 2 aromatic carbocycles. The minimum absolute atomic E-state index is 0.731. The zero-order chi connectivity index (χ0) is 14.5. The van der Waals surface area contributed by atoms with Gasteiger partial charge >= 0.3 is 0 Å². The second-order valence-corrected chi connectivity index (χ2v) is 5.33. The zero-order valence-corrected chi connectivity index (χ0v) is 12.3. The van der Waals surface area contributed by atoms with Crippen molar-refractivity contribution in [2.24, 2.45) is 0 Å². The van der Waals surface area contributed by atoms with Gasteiger partial charge in [-0.05, 0) is 23.8 Å². The van der Waals surface area contributed by atoms with Crippen LogP contribution in [0.4, 0.5) is 5.69 Å². The van der Waals surface area contributed by atoms with Crippen molar-refractivity contribution in [2.75, 3.05) is 5.32 Å². The van der Waals surface area contributed by atoms with Gasteiger partial charge < -0.3 is 5.32 Å². The topological polar surface area (TPSA) is 29.9 Å². The van der Waals surface area contributed by atoms with Crippen LogP contribution in [0.25, 0.3) is 0 Å². The molecule has 0 unspecified atom stereocenters. The minimum Gasteiger partial charge on any atom is -0.381 e. The maximum Gasteiger partial charge on any atom is 0.0659 e. The molecule has 0 aliphatic rings. The fourth-order valence-electron chi connectivity index (χ4n) is 2.16. The molecular weight excluding hydrogens is 282 g/mol. The Morgan fingerprint density at radius 1 is 1.00 bits per heavy atom. The molecule has 0 fully saturated rings. The maximum atomic E-state index is 5.96. The summed E-state index contributed by atoms with van der Waals surface area (Å²) in [4.78, 5) is 0. The van der Waals surface area contributed by atoms with E-state index in [0.29, 0.717) is 0 Å². The van der Waals surface area contributed by atoms with E-state index in [1.165, 1.54) is 5.56 Å². The van der Waals surface area contributed by atoms with Crippen LogP contribution in [0.2, 0.25) is 5.02 Å². The fraction of sp³-hybridized carbons (Fsp3) is 0.118. The molecule has 0 bridgehead atoms. The molecular formula is C17H16ClN3. The van der Waals surface area contributed by atoms with E-state index in [4.69, 9.17) is 11.6 Å². The van der Waals surface area contributed by atoms with Crippen molar-refractivity contribution < 1.29 is 0 Å². The number of nitrogens with zero attached hydrogens (tertiary/aromatic N) is 2. The quantitative estimate of drug-likeness (QED) is 0.765. The molecule has 106 valence electrons.